The summed E-state index contributed by atoms with van der Waals surface area (Å²) in [7, 11) is 4.34. The lowest BCUT2D eigenvalue weighted by molar-refractivity contribution is -0.111. The van der Waals surface area contributed by atoms with Crippen molar-refractivity contribution in [1.82, 2.24) is 0 Å². The van der Waals surface area contributed by atoms with Crippen LogP contribution < -0.4 is 14.8 Å². The summed E-state index contributed by atoms with van der Waals surface area (Å²) >= 11 is 0. The van der Waals surface area contributed by atoms with Crippen LogP contribution in [0.25, 0.3) is 6.08 Å². The first kappa shape index (κ1) is 18.1. The summed E-state index contributed by atoms with van der Waals surface area (Å²) in [4.78, 5) is 23.6. The Morgan fingerprint density at radius 3 is 2.24 bits per heavy atom. The largest absolute Gasteiger partial charge is 0.497 e. The summed E-state index contributed by atoms with van der Waals surface area (Å²) < 4.78 is 20.4. The van der Waals surface area contributed by atoms with Gasteiger partial charge in [0.1, 0.15) is 28.6 Å². The number of methoxy groups -OCH3 is 3. The lowest BCUT2D eigenvalue weighted by Crippen LogP contribution is -2.08. The highest BCUT2D eigenvalue weighted by atomic mass is 16.5. The lowest BCUT2D eigenvalue weighted by Gasteiger charge is -2.08. The minimum Gasteiger partial charge on any atom is -0.497 e. The highest BCUT2D eigenvalue weighted by Crippen LogP contribution is 2.25. The van der Waals surface area contributed by atoms with Crippen molar-refractivity contribution >= 4 is 23.6 Å². The van der Waals surface area contributed by atoms with Crippen LogP contribution in [0.2, 0.25) is 0 Å². The lowest BCUT2D eigenvalue weighted by atomic mass is 10.2. The molecule has 0 spiro atoms. The molecule has 25 heavy (non-hydrogen) atoms. The highest BCUT2D eigenvalue weighted by molar-refractivity contribution is 6.02. The Morgan fingerprint density at radius 1 is 1.04 bits per heavy atom. The molecule has 0 aliphatic rings. The van der Waals surface area contributed by atoms with Gasteiger partial charge in [-0.05, 0) is 19.1 Å². The van der Waals surface area contributed by atoms with Crippen molar-refractivity contribution in [3.05, 3.63) is 47.4 Å². The van der Waals surface area contributed by atoms with Crippen molar-refractivity contribution in [3.8, 4) is 11.5 Å². The van der Waals surface area contributed by atoms with E-state index in [2.05, 4.69) is 10.1 Å². The molecule has 0 unspecified atom stereocenters. The van der Waals surface area contributed by atoms with Gasteiger partial charge < -0.3 is 23.9 Å². The van der Waals surface area contributed by atoms with Crippen LogP contribution in [0.1, 0.15) is 21.9 Å². The zero-order chi connectivity index (χ0) is 18.4. The second-order valence-corrected chi connectivity index (χ2v) is 5.03. The van der Waals surface area contributed by atoms with E-state index in [9.17, 15) is 9.59 Å². The molecular weight excluding hydrogens is 326 g/mol. The van der Waals surface area contributed by atoms with Gasteiger partial charge in [0.05, 0.1) is 21.3 Å². The van der Waals surface area contributed by atoms with Crippen molar-refractivity contribution < 1.29 is 28.2 Å². The van der Waals surface area contributed by atoms with Gasteiger partial charge in [0.15, 0.2) is 0 Å². The molecule has 0 atom stereocenters. The van der Waals surface area contributed by atoms with Crippen LogP contribution in [-0.2, 0) is 9.53 Å². The minimum absolute atomic E-state index is 0.320. The fourth-order valence-corrected chi connectivity index (χ4v) is 2.12. The first-order chi connectivity index (χ1) is 12.0. The predicted molar refractivity (Wildman–Crippen MR) is 92.0 cm³/mol. The van der Waals surface area contributed by atoms with E-state index < -0.39 is 5.97 Å². The van der Waals surface area contributed by atoms with Gasteiger partial charge in [0.25, 0.3) is 0 Å². The highest BCUT2D eigenvalue weighted by Gasteiger charge is 2.14. The molecule has 0 saturated carbocycles. The van der Waals surface area contributed by atoms with Gasteiger partial charge in [-0.1, -0.05) is 0 Å². The Hall–Kier alpha value is -3.22. The summed E-state index contributed by atoms with van der Waals surface area (Å²) in [5.74, 6) is 1.05. The SMILES string of the molecule is COC(=O)c1cc(C=CC(=O)Nc2cc(OC)cc(OC)c2)oc1C. The van der Waals surface area contributed by atoms with E-state index in [1.165, 1.54) is 39.5 Å². The van der Waals surface area contributed by atoms with Crippen LogP contribution in [0.15, 0.2) is 34.8 Å². The molecule has 0 saturated heterocycles. The van der Waals surface area contributed by atoms with E-state index in [0.29, 0.717) is 34.3 Å². The summed E-state index contributed by atoms with van der Waals surface area (Å²) in [5, 5.41) is 2.70. The van der Waals surface area contributed by atoms with Gasteiger partial charge in [0, 0.05) is 30.0 Å². The molecule has 1 amide bonds. The number of aryl methyl sites for hydroxylation is 1. The number of amides is 1. The quantitative estimate of drug-likeness (QED) is 0.640. The average Bonchev–Trinajstić information content (AvgIpc) is 2.99. The van der Waals surface area contributed by atoms with Gasteiger partial charge in [-0.2, -0.15) is 0 Å². The van der Waals surface area contributed by atoms with Gasteiger partial charge in [-0.3, -0.25) is 4.79 Å². The van der Waals surface area contributed by atoms with E-state index in [4.69, 9.17) is 13.9 Å². The number of rotatable bonds is 6. The fraction of sp³-hybridized carbons (Fsp3) is 0.222. The number of carbonyl (C=O) groups excluding carboxylic acids is 2. The fourth-order valence-electron chi connectivity index (χ4n) is 2.12. The molecular formula is C18H19NO6. The molecule has 0 aliphatic heterocycles. The Morgan fingerprint density at radius 2 is 1.68 bits per heavy atom. The molecule has 1 N–H and O–H groups in total. The molecule has 0 aliphatic carbocycles. The van der Waals surface area contributed by atoms with Gasteiger partial charge in [-0.25, -0.2) is 4.79 Å². The standard InChI is InChI=1S/C18H19NO6/c1-11-16(18(21)24-4)10-13(25-11)5-6-17(20)19-12-7-14(22-2)9-15(8-12)23-3/h5-10H,1-4H3,(H,19,20). The number of nitrogens with one attached hydrogen (secondary N) is 1. The van der Waals surface area contributed by atoms with Gasteiger partial charge >= 0.3 is 5.97 Å². The number of carbonyl (C=O) groups is 2. The zero-order valence-corrected chi connectivity index (χ0v) is 14.4. The number of anilines is 1. The molecule has 7 heteroatoms. The number of ether oxygens (including phenoxy) is 3. The molecule has 1 heterocycles. The van der Waals surface area contributed by atoms with Crippen molar-refractivity contribution in [3.63, 3.8) is 0 Å². The van der Waals surface area contributed by atoms with Crippen molar-refractivity contribution in [2.45, 2.75) is 6.92 Å². The molecule has 1 aromatic carbocycles. The van der Waals surface area contributed by atoms with Crippen molar-refractivity contribution in [2.24, 2.45) is 0 Å². The van der Waals surface area contributed by atoms with E-state index in [-0.39, 0.29) is 5.91 Å². The Bertz CT molecular complexity index is 784. The van der Waals surface area contributed by atoms with E-state index in [0.717, 1.165) is 0 Å². The molecule has 2 rings (SSSR count). The first-order valence-electron chi connectivity index (χ1n) is 7.37. The van der Waals surface area contributed by atoms with Crippen molar-refractivity contribution in [1.29, 1.82) is 0 Å². The number of hydrogen-bond acceptors (Lipinski definition) is 6. The molecule has 7 nitrogen and oxygen atoms in total. The van der Waals surface area contributed by atoms with E-state index in [1.807, 2.05) is 0 Å². The van der Waals surface area contributed by atoms with Crippen LogP contribution in [0, 0.1) is 6.92 Å². The number of hydrogen-bond donors (Lipinski definition) is 1. The average molecular weight is 345 g/mol. The number of furan rings is 1. The minimum atomic E-state index is -0.492. The topological polar surface area (TPSA) is 87.0 Å². The molecule has 0 radical (unpaired) electrons. The second kappa shape index (κ2) is 8.05. The smallest absolute Gasteiger partial charge is 0.341 e. The zero-order valence-electron chi connectivity index (χ0n) is 14.4. The monoisotopic (exact) mass is 345 g/mol. The third-order valence-corrected chi connectivity index (χ3v) is 3.36. The molecule has 2 aromatic rings. The van der Waals surface area contributed by atoms with Crippen LogP contribution >= 0.6 is 0 Å². The van der Waals surface area contributed by atoms with Gasteiger partial charge in [-0.15, -0.1) is 0 Å². The van der Waals surface area contributed by atoms with Crippen LogP contribution in [0.4, 0.5) is 5.69 Å². The van der Waals surface area contributed by atoms with Crippen LogP contribution in [-0.4, -0.2) is 33.2 Å². The number of benzene rings is 1. The Balaban J connectivity index is 2.10. The maximum absolute atomic E-state index is 12.1. The summed E-state index contributed by atoms with van der Waals surface area (Å²) in [6.07, 6.45) is 2.76. The normalized spacial score (nSPS) is 10.6. The summed E-state index contributed by atoms with van der Waals surface area (Å²) in [5.41, 5.74) is 0.844. The number of esters is 1. The maximum Gasteiger partial charge on any atom is 0.341 e. The van der Waals surface area contributed by atoms with Gasteiger partial charge in [0.2, 0.25) is 5.91 Å². The molecule has 132 valence electrons. The van der Waals surface area contributed by atoms with Crippen LogP contribution in [0.5, 0.6) is 11.5 Å². The Labute approximate surface area is 145 Å². The Kier molecular flexibility index (Phi) is 5.84. The molecule has 0 bridgehead atoms. The summed E-state index contributed by atoms with van der Waals surface area (Å²) in [6.45, 7) is 1.65. The predicted octanol–water partition coefficient (Wildman–Crippen LogP) is 3.04. The first-order valence-corrected chi connectivity index (χ1v) is 7.37. The molecule has 0 fully saturated rings. The maximum atomic E-state index is 12.1. The van der Waals surface area contributed by atoms with Crippen molar-refractivity contribution in [2.75, 3.05) is 26.6 Å². The second-order valence-electron chi connectivity index (χ2n) is 5.03. The third kappa shape index (κ3) is 4.63. The van der Waals surface area contributed by atoms with E-state index >= 15 is 0 Å². The van der Waals surface area contributed by atoms with Crippen LogP contribution in [0.3, 0.4) is 0 Å². The third-order valence-electron chi connectivity index (χ3n) is 3.36. The summed E-state index contributed by atoms with van der Waals surface area (Å²) in [6, 6.07) is 6.55. The van der Waals surface area contributed by atoms with E-state index in [1.54, 1.807) is 25.1 Å². The molecule has 1 aromatic heterocycles.